The Hall–Kier alpha value is -3.59. The van der Waals surface area contributed by atoms with Crippen LogP contribution in [0, 0.1) is 0 Å². The Kier molecular flexibility index (Phi) is 10.7. The van der Waals surface area contributed by atoms with E-state index in [1.54, 1.807) is 0 Å². The maximum absolute atomic E-state index is 13.8. The van der Waals surface area contributed by atoms with Crippen LogP contribution in [-0.4, -0.2) is 75.5 Å². The number of aliphatic hydroxyl groups excluding tert-OH is 1. The summed E-state index contributed by atoms with van der Waals surface area (Å²) in [5.41, 5.74) is 3.71. The number of aromatic nitrogens is 2. The zero-order chi connectivity index (χ0) is 32.0. The number of aliphatic hydroxyl groups is 1. The number of ether oxygens (including phenoxy) is 1. The highest BCUT2D eigenvalue weighted by Crippen LogP contribution is 2.30. The van der Waals surface area contributed by atoms with Gasteiger partial charge in [-0.15, -0.1) is 0 Å². The molecule has 0 spiro atoms. The molecule has 5 rings (SSSR count). The highest BCUT2D eigenvalue weighted by atomic mass is 16.6. The molecule has 9 heteroatoms. The van der Waals surface area contributed by atoms with E-state index in [9.17, 15) is 14.7 Å². The van der Waals surface area contributed by atoms with Gasteiger partial charge < -0.3 is 29.5 Å². The minimum absolute atomic E-state index is 0.0421. The van der Waals surface area contributed by atoms with Crippen LogP contribution in [0.4, 0.5) is 10.5 Å². The van der Waals surface area contributed by atoms with Crippen LogP contribution in [0.1, 0.15) is 89.9 Å². The van der Waals surface area contributed by atoms with E-state index in [1.807, 2.05) is 31.7 Å². The van der Waals surface area contributed by atoms with Gasteiger partial charge in [-0.05, 0) is 89.1 Å². The van der Waals surface area contributed by atoms with Gasteiger partial charge in [-0.3, -0.25) is 4.79 Å². The number of fused-ring (bicyclic) bond motifs is 1. The third-order valence-electron chi connectivity index (χ3n) is 8.95. The molecule has 0 saturated carbocycles. The average Bonchev–Trinajstić information content (AvgIpc) is 3.38. The number of imidazole rings is 1. The van der Waals surface area contributed by atoms with Crippen molar-refractivity contribution in [3.05, 3.63) is 59.9 Å². The fraction of sp³-hybridized carbons (Fsp3) is 0.583. The van der Waals surface area contributed by atoms with Gasteiger partial charge in [0, 0.05) is 56.8 Å². The molecule has 2 aliphatic rings. The molecule has 9 nitrogen and oxygen atoms in total. The number of hydrogen-bond donors (Lipinski definition) is 2. The van der Waals surface area contributed by atoms with Gasteiger partial charge in [-0.25, -0.2) is 9.78 Å². The maximum Gasteiger partial charge on any atom is 0.407 e. The second-order valence-electron chi connectivity index (χ2n) is 13.8. The number of rotatable bonds is 10. The number of carbonyl (C=O) groups is 2. The highest BCUT2D eigenvalue weighted by molar-refractivity contribution is 5.79. The van der Waals surface area contributed by atoms with Crippen molar-refractivity contribution in [2.24, 2.45) is 0 Å². The number of amides is 2. The van der Waals surface area contributed by atoms with Gasteiger partial charge in [0.15, 0.2) is 0 Å². The first-order valence-corrected chi connectivity index (χ1v) is 16.8. The van der Waals surface area contributed by atoms with Crippen molar-refractivity contribution < 1.29 is 19.4 Å². The number of anilines is 1. The Bertz CT molecular complexity index is 1420. The van der Waals surface area contributed by atoms with Crippen molar-refractivity contribution in [1.29, 1.82) is 0 Å². The van der Waals surface area contributed by atoms with Crippen molar-refractivity contribution in [3.8, 4) is 0 Å². The first-order valence-electron chi connectivity index (χ1n) is 16.8. The molecule has 2 aromatic carbocycles. The molecule has 0 radical (unpaired) electrons. The van der Waals surface area contributed by atoms with Gasteiger partial charge in [0.1, 0.15) is 11.4 Å². The Labute approximate surface area is 267 Å². The summed E-state index contributed by atoms with van der Waals surface area (Å²) in [5, 5.41) is 12.9. The van der Waals surface area contributed by atoms with E-state index in [4.69, 9.17) is 9.72 Å². The summed E-state index contributed by atoms with van der Waals surface area (Å²) in [7, 11) is 0. The molecule has 244 valence electrons. The first kappa shape index (κ1) is 32.8. The van der Waals surface area contributed by atoms with E-state index < -0.39 is 17.7 Å². The topological polar surface area (TPSA) is 99.9 Å². The SMILES string of the molecule is CCCCn1c([C@@H]2CCCN(C(=O)C[C@@H](Cc3ccc(N4CCC(O)CC4)cc3)NC(=O)OC(C)(C)C)C2)nc2ccccc21. The van der Waals surface area contributed by atoms with Crippen LogP contribution in [-0.2, 0) is 22.5 Å². The number of nitrogens with one attached hydrogen (secondary N) is 1. The normalized spacial score (nSPS) is 18.6. The molecular formula is C36H51N5O4. The standard InChI is InChI=1S/C36H51N5O4/c1-5-6-20-41-32-12-8-7-11-31(32)38-34(41)27-10-9-19-40(25-27)33(43)24-28(37-35(44)45-36(2,3)4)23-26-13-15-29(16-14-26)39-21-17-30(42)18-22-39/h7-8,11-16,27-28,30,42H,5-6,9-10,17-25H2,1-4H3,(H,37,44)/t27-,28-/m1/s1. The summed E-state index contributed by atoms with van der Waals surface area (Å²) in [6.45, 7) is 11.7. The number of piperidine rings is 2. The molecule has 2 saturated heterocycles. The predicted molar refractivity (Wildman–Crippen MR) is 179 cm³/mol. The molecular weight excluding hydrogens is 566 g/mol. The lowest BCUT2D eigenvalue weighted by Crippen LogP contribution is -2.46. The summed E-state index contributed by atoms with van der Waals surface area (Å²) in [6.07, 6.45) is 5.67. The third-order valence-corrected chi connectivity index (χ3v) is 8.95. The Morgan fingerprint density at radius 1 is 1.04 bits per heavy atom. The van der Waals surface area contributed by atoms with Crippen molar-refractivity contribution in [2.45, 2.75) is 109 Å². The lowest BCUT2D eigenvalue weighted by Gasteiger charge is -2.34. The number of unbranched alkanes of at least 4 members (excludes halogenated alkanes) is 1. The van der Waals surface area contributed by atoms with Crippen LogP contribution >= 0.6 is 0 Å². The quantitative estimate of drug-likeness (QED) is 0.288. The van der Waals surface area contributed by atoms with Crippen LogP contribution in [0.25, 0.3) is 11.0 Å². The molecule has 2 fully saturated rings. The molecule has 45 heavy (non-hydrogen) atoms. The van der Waals surface area contributed by atoms with Gasteiger partial charge in [0.25, 0.3) is 0 Å². The molecule has 0 bridgehead atoms. The molecule has 0 unspecified atom stereocenters. The molecule has 2 aliphatic heterocycles. The van der Waals surface area contributed by atoms with E-state index in [-0.39, 0.29) is 24.3 Å². The summed E-state index contributed by atoms with van der Waals surface area (Å²) in [6, 6.07) is 16.3. The van der Waals surface area contributed by atoms with E-state index in [2.05, 4.69) is 64.2 Å². The summed E-state index contributed by atoms with van der Waals surface area (Å²) >= 11 is 0. The van der Waals surface area contributed by atoms with E-state index in [1.165, 1.54) is 0 Å². The average molecular weight is 618 g/mol. The zero-order valence-electron chi connectivity index (χ0n) is 27.5. The number of hydrogen-bond acceptors (Lipinski definition) is 6. The van der Waals surface area contributed by atoms with E-state index in [0.29, 0.717) is 19.5 Å². The van der Waals surface area contributed by atoms with Crippen molar-refractivity contribution in [2.75, 3.05) is 31.1 Å². The minimum atomic E-state index is -0.633. The first-order chi connectivity index (χ1) is 21.6. The van der Waals surface area contributed by atoms with E-state index in [0.717, 1.165) is 86.3 Å². The third kappa shape index (κ3) is 8.78. The van der Waals surface area contributed by atoms with Crippen LogP contribution in [0.5, 0.6) is 0 Å². The van der Waals surface area contributed by atoms with Gasteiger partial charge in [0.2, 0.25) is 5.91 Å². The summed E-state index contributed by atoms with van der Waals surface area (Å²) in [4.78, 5) is 36.0. The second-order valence-corrected chi connectivity index (χ2v) is 13.8. The monoisotopic (exact) mass is 617 g/mol. The fourth-order valence-corrected chi connectivity index (χ4v) is 6.61. The predicted octanol–water partition coefficient (Wildman–Crippen LogP) is 6.03. The molecule has 0 aliphatic carbocycles. The number of carbonyl (C=O) groups excluding carboxylic acids is 2. The second kappa shape index (κ2) is 14.7. The zero-order valence-corrected chi connectivity index (χ0v) is 27.5. The number of likely N-dealkylation sites (tertiary alicyclic amines) is 1. The van der Waals surface area contributed by atoms with Crippen LogP contribution in [0.2, 0.25) is 0 Å². The van der Waals surface area contributed by atoms with Gasteiger partial charge in [0.05, 0.1) is 17.1 Å². The van der Waals surface area contributed by atoms with Crippen LogP contribution in [0.15, 0.2) is 48.5 Å². The largest absolute Gasteiger partial charge is 0.444 e. The minimum Gasteiger partial charge on any atom is -0.444 e. The highest BCUT2D eigenvalue weighted by Gasteiger charge is 2.31. The Morgan fingerprint density at radius 2 is 1.78 bits per heavy atom. The van der Waals surface area contributed by atoms with E-state index >= 15 is 0 Å². The van der Waals surface area contributed by atoms with Gasteiger partial charge in [-0.1, -0.05) is 37.6 Å². The van der Waals surface area contributed by atoms with Crippen molar-refractivity contribution >= 4 is 28.7 Å². The molecule has 1 aromatic heterocycles. The number of aryl methyl sites for hydroxylation is 1. The summed E-state index contributed by atoms with van der Waals surface area (Å²) < 4.78 is 7.94. The number of benzene rings is 2. The van der Waals surface area contributed by atoms with Crippen LogP contribution in [0.3, 0.4) is 0 Å². The maximum atomic E-state index is 13.8. The molecule has 3 heterocycles. The fourth-order valence-electron chi connectivity index (χ4n) is 6.61. The van der Waals surface area contributed by atoms with Crippen molar-refractivity contribution in [1.82, 2.24) is 19.8 Å². The Morgan fingerprint density at radius 3 is 2.49 bits per heavy atom. The lowest BCUT2D eigenvalue weighted by molar-refractivity contribution is -0.133. The van der Waals surface area contributed by atoms with Crippen molar-refractivity contribution in [3.63, 3.8) is 0 Å². The number of para-hydroxylation sites is 2. The van der Waals surface area contributed by atoms with Crippen LogP contribution < -0.4 is 10.2 Å². The summed E-state index contributed by atoms with van der Waals surface area (Å²) in [5.74, 6) is 1.29. The Balaban J connectivity index is 1.28. The lowest BCUT2D eigenvalue weighted by atomic mass is 9.95. The smallest absolute Gasteiger partial charge is 0.407 e. The molecule has 2 amide bonds. The number of nitrogens with zero attached hydrogens (tertiary/aromatic N) is 4. The molecule has 3 aromatic rings. The molecule has 2 atom stereocenters. The van der Waals surface area contributed by atoms with Gasteiger partial charge in [-0.2, -0.15) is 0 Å². The number of alkyl carbamates (subject to hydrolysis) is 1. The van der Waals surface area contributed by atoms with Gasteiger partial charge >= 0.3 is 6.09 Å². The molecule has 2 N–H and O–H groups in total.